The summed E-state index contributed by atoms with van der Waals surface area (Å²) in [4.78, 5) is 12.9. The Bertz CT molecular complexity index is 1020. The molecule has 146 valence electrons. The lowest BCUT2D eigenvalue weighted by Gasteiger charge is -2.28. The number of aliphatic hydroxyl groups excluding tert-OH is 1. The number of fused-ring (bicyclic) bond motifs is 1. The number of nitrogens with one attached hydrogen (secondary N) is 1. The monoisotopic (exact) mass is 445 g/mol. The van der Waals surface area contributed by atoms with Gasteiger partial charge in [0.15, 0.2) is 0 Å². The lowest BCUT2D eigenvalue weighted by atomic mass is 9.92. The summed E-state index contributed by atoms with van der Waals surface area (Å²) >= 11 is 3.38. The van der Waals surface area contributed by atoms with E-state index in [4.69, 9.17) is 0 Å². The zero-order valence-electron chi connectivity index (χ0n) is 15.2. The van der Waals surface area contributed by atoms with E-state index in [9.17, 15) is 14.3 Å². The summed E-state index contributed by atoms with van der Waals surface area (Å²) in [5.41, 5.74) is 2.51. The van der Waals surface area contributed by atoms with E-state index in [0.717, 1.165) is 34.8 Å². The minimum Gasteiger partial charge on any atom is -0.391 e. The van der Waals surface area contributed by atoms with E-state index in [0.29, 0.717) is 24.1 Å². The maximum Gasteiger partial charge on any atom is 0.270 e. The van der Waals surface area contributed by atoms with Crippen molar-refractivity contribution in [2.45, 2.75) is 44.2 Å². The van der Waals surface area contributed by atoms with Gasteiger partial charge in [-0.1, -0.05) is 28.8 Å². The fraction of sp³-hybridized carbons (Fsp3) is 0.333. The number of carbonyl (C=O) groups excluding carboxylic acids is 1. The van der Waals surface area contributed by atoms with E-state index >= 15 is 0 Å². The summed E-state index contributed by atoms with van der Waals surface area (Å²) in [7, 11) is 0. The summed E-state index contributed by atoms with van der Waals surface area (Å²) in [6.45, 7) is 0. The maximum atomic E-state index is 14.2. The highest BCUT2D eigenvalue weighted by Gasteiger charge is 2.26. The molecule has 5 nitrogen and oxygen atoms in total. The van der Waals surface area contributed by atoms with E-state index in [1.54, 1.807) is 35.0 Å². The lowest BCUT2D eigenvalue weighted by Crippen LogP contribution is -2.45. The molecule has 1 saturated carbocycles. The van der Waals surface area contributed by atoms with Crippen LogP contribution in [-0.2, 0) is 6.42 Å². The van der Waals surface area contributed by atoms with Crippen LogP contribution in [0.4, 0.5) is 4.39 Å². The molecule has 0 unspecified atom stereocenters. The molecule has 0 radical (unpaired) electrons. The number of halogens is 2. The first-order chi connectivity index (χ1) is 13.5. The topological polar surface area (TPSA) is 66.6 Å². The third-order valence-electron chi connectivity index (χ3n) is 5.29. The highest BCUT2D eigenvalue weighted by atomic mass is 79.9. The zero-order valence-corrected chi connectivity index (χ0v) is 16.8. The lowest BCUT2D eigenvalue weighted by molar-refractivity contribution is 0.0712. The van der Waals surface area contributed by atoms with E-state index in [1.165, 1.54) is 6.07 Å². The normalized spacial score (nSPS) is 19.7. The van der Waals surface area contributed by atoms with Crippen LogP contribution in [0.15, 0.2) is 47.1 Å². The molecule has 7 heteroatoms. The van der Waals surface area contributed by atoms with Gasteiger partial charge in [-0.05, 0) is 60.4 Å². The Kier molecular flexibility index (Phi) is 5.46. The summed E-state index contributed by atoms with van der Waals surface area (Å²) in [5, 5.41) is 17.4. The average Bonchev–Trinajstić information content (AvgIpc) is 3.05. The number of benzene rings is 1. The number of carbonyl (C=O) groups is 1. The van der Waals surface area contributed by atoms with Crippen LogP contribution in [0, 0.1) is 5.82 Å². The number of nitrogens with zero attached hydrogens (tertiary/aromatic N) is 2. The van der Waals surface area contributed by atoms with Crippen LogP contribution in [0.3, 0.4) is 0 Å². The fourth-order valence-electron chi connectivity index (χ4n) is 3.82. The first-order valence-corrected chi connectivity index (χ1v) is 10.2. The average molecular weight is 446 g/mol. The zero-order chi connectivity index (χ0) is 19.7. The van der Waals surface area contributed by atoms with Crippen LogP contribution in [0.25, 0.3) is 5.52 Å². The maximum absolute atomic E-state index is 14.2. The molecule has 1 amide bonds. The van der Waals surface area contributed by atoms with Crippen LogP contribution in [0.5, 0.6) is 0 Å². The molecule has 1 aliphatic rings. The van der Waals surface area contributed by atoms with Crippen LogP contribution in [0.2, 0.25) is 0 Å². The SMILES string of the molecule is O=C(N[C@H]1CCCC[C@@H]1O)c1cc(Cc2cc(Br)ccc2F)c2cccnn12. The molecule has 3 aromatic rings. The Morgan fingerprint density at radius 2 is 2.07 bits per heavy atom. The molecule has 0 spiro atoms. The van der Waals surface area contributed by atoms with Gasteiger partial charge in [0.05, 0.1) is 17.7 Å². The second-order valence-corrected chi connectivity index (χ2v) is 8.14. The first-order valence-electron chi connectivity index (χ1n) is 9.41. The highest BCUT2D eigenvalue weighted by Crippen LogP contribution is 2.24. The predicted octanol–water partition coefficient (Wildman–Crippen LogP) is 3.86. The van der Waals surface area contributed by atoms with E-state index in [1.807, 2.05) is 6.07 Å². The number of rotatable bonds is 4. The Balaban J connectivity index is 1.66. The Hall–Kier alpha value is -2.25. The highest BCUT2D eigenvalue weighted by molar-refractivity contribution is 9.10. The van der Waals surface area contributed by atoms with Gasteiger partial charge in [-0.15, -0.1) is 0 Å². The third-order valence-corrected chi connectivity index (χ3v) is 5.78. The van der Waals surface area contributed by atoms with Gasteiger partial charge in [-0.2, -0.15) is 5.10 Å². The largest absolute Gasteiger partial charge is 0.391 e. The van der Waals surface area contributed by atoms with Gasteiger partial charge in [0, 0.05) is 17.1 Å². The van der Waals surface area contributed by atoms with Gasteiger partial charge in [0.2, 0.25) is 0 Å². The van der Waals surface area contributed by atoms with Crippen molar-refractivity contribution in [3.8, 4) is 0 Å². The molecule has 0 bridgehead atoms. The van der Waals surface area contributed by atoms with Crippen LogP contribution in [-0.4, -0.2) is 32.8 Å². The van der Waals surface area contributed by atoms with Crippen molar-refractivity contribution < 1.29 is 14.3 Å². The molecule has 2 atom stereocenters. The standard InChI is InChI=1S/C21H21BrFN3O2/c22-15-7-8-16(23)13(11-15)10-14-12-19(26-18(14)5-3-9-24-26)21(28)25-17-4-1-2-6-20(17)27/h3,5,7-9,11-12,17,20,27H,1-2,4,6,10H2,(H,25,28)/t17-,20-/m0/s1. The van der Waals surface area contributed by atoms with Crippen molar-refractivity contribution in [1.29, 1.82) is 0 Å². The molecule has 1 fully saturated rings. The first kappa shape index (κ1) is 19.1. The van der Waals surface area contributed by atoms with Crippen molar-refractivity contribution in [3.63, 3.8) is 0 Å². The summed E-state index contributed by atoms with van der Waals surface area (Å²) < 4.78 is 16.6. The predicted molar refractivity (Wildman–Crippen MR) is 108 cm³/mol. The molecular weight excluding hydrogens is 425 g/mol. The Morgan fingerprint density at radius 1 is 1.25 bits per heavy atom. The molecule has 2 heterocycles. The third kappa shape index (κ3) is 3.82. The number of hydrogen-bond acceptors (Lipinski definition) is 3. The number of aromatic nitrogens is 2. The van der Waals surface area contributed by atoms with Crippen LogP contribution < -0.4 is 5.32 Å². The van der Waals surface area contributed by atoms with Gasteiger partial charge >= 0.3 is 0 Å². The molecule has 1 aromatic carbocycles. The van der Waals surface area contributed by atoms with Crippen molar-refractivity contribution >= 4 is 27.4 Å². The van der Waals surface area contributed by atoms with Gasteiger partial charge in [0.1, 0.15) is 11.5 Å². The van der Waals surface area contributed by atoms with Gasteiger partial charge in [-0.3, -0.25) is 4.79 Å². The van der Waals surface area contributed by atoms with Gasteiger partial charge in [0.25, 0.3) is 5.91 Å². The molecular formula is C21H21BrFN3O2. The second kappa shape index (κ2) is 8.01. The van der Waals surface area contributed by atoms with Crippen molar-refractivity contribution in [1.82, 2.24) is 14.9 Å². The number of amides is 1. The van der Waals surface area contributed by atoms with Crippen molar-refractivity contribution in [3.05, 3.63) is 69.7 Å². The van der Waals surface area contributed by atoms with E-state index in [-0.39, 0.29) is 17.8 Å². The smallest absolute Gasteiger partial charge is 0.270 e. The van der Waals surface area contributed by atoms with Gasteiger partial charge < -0.3 is 10.4 Å². The Labute approximate surface area is 170 Å². The number of aliphatic hydroxyl groups is 1. The quantitative estimate of drug-likeness (QED) is 0.640. The molecule has 1 aliphatic carbocycles. The molecule has 2 aromatic heterocycles. The molecule has 0 aliphatic heterocycles. The molecule has 0 saturated heterocycles. The Morgan fingerprint density at radius 3 is 2.89 bits per heavy atom. The van der Waals surface area contributed by atoms with E-state index < -0.39 is 6.10 Å². The summed E-state index contributed by atoms with van der Waals surface area (Å²) in [5.74, 6) is -0.566. The van der Waals surface area contributed by atoms with Gasteiger partial charge in [-0.25, -0.2) is 8.91 Å². The van der Waals surface area contributed by atoms with E-state index in [2.05, 4.69) is 26.3 Å². The fourth-order valence-corrected chi connectivity index (χ4v) is 4.23. The van der Waals surface area contributed by atoms with Crippen LogP contribution in [0.1, 0.15) is 47.3 Å². The number of hydrogen-bond donors (Lipinski definition) is 2. The second-order valence-electron chi connectivity index (χ2n) is 7.22. The van der Waals surface area contributed by atoms with Crippen molar-refractivity contribution in [2.24, 2.45) is 0 Å². The molecule has 4 rings (SSSR count). The van der Waals surface area contributed by atoms with Crippen LogP contribution >= 0.6 is 15.9 Å². The minimum absolute atomic E-state index is 0.249. The van der Waals surface area contributed by atoms with Crippen molar-refractivity contribution in [2.75, 3.05) is 0 Å². The summed E-state index contributed by atoms with van der Waals surface area (Å²) in [6.07, 6.45) is 4.87. The molecule has 2 N–H and O–H groups in total. The summed E-state index contributed by atoms with van der Waals surface area (Å²) in [6, 6.07) is 10.00. The minimum atomic E-state index is -0.521. The molecule has 28 heavy (non-hydrogen) atoms.